The van der Waals surface area contributed by atoms with Gasteiger partial charge >= 0.3 is 0 Å². The van der Waals surface area contributed by atoms with Crippen LogP contribution in [0.15, 0.2) is 48.5 Å². The first kappa shape index (κ1) is 18.6. The zero-order valence-electron chi connectivity index (χ0n) is 17.6. The summed E-state index contributed by atoms with van der Waals surface area (Å²) in [5.41, 5.74) is 8.24. The van der Waals surface area contributed by atoms with E-state index in [1.807, 2.05) is 0 Å². The molecule has 1 heterocycles. The van der Waals surface area contributed by atoms with Crippen LogP contribution in [-0.2, 0) is 17.9 Å². The molecule has 0 saturated heterocycles. The van der Waals surface area contributed by atoms with Crippen LogP contribution in [-0.4, -0.2) is 0 Å². The third kappa shape index (κ3) is 3.28. The fourth-order valence-electron chi connectivity index (χ4n) is 3.68. The Balaban J connectivity index is 2.40. The van der Waals surface area contributed by atoms with E-state index in [0.717, 1.165) is 0 Å². The second-order valence-electron chi connectivity index (χ2n) is 9.55. The summed E-state index contributed by atoms with van der Waals surface area (Å²) in [5, 5.41) is 1.35. The molecule has 0 radical (unpaired) electrons. The van der Waals surface area contributed by atoms with E-state index in [9.17, 15) is 0 Å². The molecule has 2 aromatic carbocycles. The zero-order valence-corrected chi connectivity index (χ0v) is 17.6. The molecule has 136 valence electrons. The summed E-state index contributed by atoms with van der Waals surface area (Å²) in [5.74, 6) is 0. The lowest BCUT2D eigenvalue weighted by Crippen LogP contribution is -2.33. The van der Waals surface area contributed by atoms with Gasteiger partial charge in [0, 0.05) is 17.7 Å². The van der Waals surface area contributed by atoms with Crippen LogP contribution in [0.25, 0.3) is 22.2 Å². The smallest absolute Gasteiger partial charge is 0.194 e. The van der Waals surface area contributed by atoms with Gasteiger partial charge in [0.2, 0.25) is 11.2 Å². The van der Waals surface area contributed by atoms with Crippen molar-refractivity contribution in [3.63, 3.8) is 0 Å². The van der Waals surface area contributed by atoms with Crippen molar-refractivity contribution < 1.29 is 4.57 Å². The van der Waals surface area contributed by atoms with Crippen LogP contribution >= 0.6 is 0 Å². The van der Waals surface area contributed by atoms with Crippen LogP contribution in [0.3, 0.4) is 0 Å². The van der Waals surface area contributed by atoms with Gasteiger partial charge in [-0.2, -0.15) is 4.57 Å². The van der Waals surface area contributed by atoms with Crippen LogP contribution in [0.5, 0.6) is 0 Å². The Labute approximate surface area is 158 Å². The molecule has 3 rings (SSSR count). The fraction of sp³-hybridized carbons (Fsp3) is 0.400. The molecule has 0 fully saturated rings. The van der Waals surface area contributed by atoms with Crippen LogP contribution in [0.4, 0.5) is 0 Å². The van der Waals surface area contributed by atoms with Crippen molar-refractivity contribution in [2.45, 2.75) is 59.3 Å². The molecule has 1 heteroatoms. The molecular formula is C25H32N+. The van der Waals surface area contributed by atoms with E-state index in [4.69, 9.17) is 0 Å². The van der Waals surface area contributed by atoms with Crippen LogP contribution < -0.4 is 4.57 Å². The summed E-state index contributed by atoms with van der Waals surface area (Å²) in [6.45, 7) is 16.0. The molecule has 0 unspecified atom stereocenters. The predicted molar refractivity (Wildman–Crippen MR) is 113 cm³/mol. The third-order valence-electron chi connectivity index (χ3n) is 5.38. The Morgan fingerprint density at radius 3 is 2.00 bits per heavy atom. The topological polar surface area (TPSA) is 3.88 Å². The van der Waals surface area contributed by atoms with Gasteiger partial charge in [0.15, 0.2) is 0 Å². The number of fused-ring (bicyclic) bond motifs is 1. The van der Waals surface area contributed by atoms with Crippen LogP contribution in [0.2, 0.25) is 0 Å². The second kappa shape index (κ2) is 6.23. The number of nitrogens with zero attached hydrogens (tertiary/aromatic N) is 1. The van der Waals surface area contributed by atoms with Gasteiger partial charge < -0.3 is 0 Å². The Bertz CT molecular complexity index is 966. The Hall–Kier alpha value is -2.15. The van der Waals surface area contributed by atoms with Crippen molar-refractivity contribution in [2.75, 3.05) is 0 Å². The minimum atomic E-state index is 0.108. The summed E-state index contributed by atoms with van der Waals surface area (Å²) in [4.78, 5) is 0. The van der Waals surface area contributed by atoms with Gasteiger partial charge in [0.25, 0.3) is 0 Å². The molecule has 0 aliphatic rings. The Morgan fingerprint density at radius 2 is 1.42 bits per heavy atom. The first-order valence-corrected chi connectivity index (χ1v) is 9.54. The maximum Gasteiger partial charge on any atom is 0.213 e. The highest BCUT2D eigenvalue weighted by Gasteiger charge is 2.26. The maximum atomic E-state index is 2.41. The summed E-state index contributed by atoms with van der Waals surface area (Å²) in [6.07, 6.45) is 0. The molecule has 0 N–H and O–H groups in total. The van der Waals surface area contributed by atoms with Crippen molar-refractivity contribution in [3.8, 4) is 11.3 Å². The average Bonchev–Trinajstić information content (AvgIpc) is 2.53. The van der Waals surface area contributed by atoms with Gasteiger partial charge in [0.1, 0.15) is 7.05 Å². The lowest BCUT2D eigenvalue weighted by molar-refractivity contribution is -0.633. The van der Waals surface area contributed by atoms with Gasteiger partial charge in [-0.1, -0.05) is 65.8 Å². The minimum absolute atomic E-state index is 0.108. The van der Waals surface area contributed by atoms with Crippen molar-refractivity contribution in [1.29, 1.82) is 0 Å². The van der Waals surface area contributed by atoms with Gasteiger partial charge in [-0.15, -0.1) is 0 Å². The number of pyridine rings is 1. The Kier molecular flexibility index (Phi) is 4.46. The number of hydrogen-bond acceptors (Lipinski definition) is 0. The van der Waals surface area contributed by atoms with Crippen LogP contribution in [0, 0.1) is 6.92 Å². The SMILES string of the molecule is Cc1ccccc1-c1ccc2c(C(C)(C)C)cc(C(C)(C)C)cc2[n+]1C. The van der Waals surface area contributed by atoms with Crippen LogP contribution in [0.1, 0.15) is 58.2 Å². The van der Waals surface area contributed by atoms with Gasteiger partial charge in [-0.25, -0.2) is 0 Å². The average molecular weight is 347 g/mol. The molecule has 0 amide bonds. The highest BCUT2D eigenvalue weighted by Crippen LogP contribution is 2.35. The summed E-state index contributed by atoms with van der Waals surface area (Å²) in [7, 11) is 2.20. The number of aromatic nitrogens is 1. The molecule has 3 aromatic rings. The monoisotopic (exact) mass is 346 g/mol. The van der Waals surface area contributed by atoms with E-state index in [1.54, 1.807) is 0 Å². The lowest BCUT2D eigenvalue weighted by atomic mass is 9.78. The predicted octanol–water partition coefficient (Wildman–Crippen LogP) is 6.23. The largest absolute Gasteiger partial charge is 0.213 e. The summed E-state index contributed by atoms with van der Waals surface area (Å²) < 4.78 is 2.36. The van der Waals surface area contributed by atoms with Gasteiger partial charge in [0.05, 0.1) is 5.39 Å². The van der Waals surface area contributed by atoms with Crippen molar-refractivity contribution in [1.82, 2.24) is 0 Å². The van der Waals surface area contributed by atoms with Crippen molar-refractivity contribution in [3.05, 3.63) is 65.2 Å². The van der Waals surface area contributed by atoms with Crippen molar-refractivity contribution >= 4 is 10.9 Å². The summed E-state index contributed by atoms with van der Waals surface area (Å²) >= 11 is 0. The Morgan fingerprint density at radius 1 is 0.769 bits per heavy atom. The molecule has 1 aromatic heterocycles. The molecule has 0 aliphatic heterocycles. The molecule has 0 saturated carbocycles. The number of aryl methyl sites for hydroxylation is 2. The highest BCUT2D eigenvalue weighted by molar-refractivity contribution is 5.83. The second-order valence-corrected chi connectivity index (χ2v) is 9.55. The van der Waals surface area contributed by atoms with Gasteiger partial charge in [-0.05, 0) is 46.6 Å². The maximum absolute atomic E-state index is 2.41. The van der Waals surface area contributed by atoms with E-state index in [0.29, 0.717) is 0 Å². The fourth-order valence-corrected chi connectivity index (χ4v) is 3.68. The highest BCUT2D eigenvalue weighted by atomic mass is 14.9. The molecule has 0 bridgehead atoms. The van der Waals surface area contributed by atoms with E-state index in [-0.39, 0.29) is 10.8 Å². The van der Waals surface area contributed by atoms with E-state index in [1.165, 1.54) is 38.9 Å². The molecule has 26 heavy (non-hydrogen) atoms. The van der Waals surface area contributed by atoms with E-state index >= 15 is 0 Å². The zero-order chi connectivity index (χ0) is 19.3. The first-order chi connectivity index (χ1) is 12.0. The molecule has 0 aliphatic carbocycles. The first-order valence-electron chi connectivity index (χ1n) is 9.54. The number of hydrogen-bond donors (Lipinski definition) is 0. The molecule has 0 atom stereocenters. The molecule has 1 nitrogen and oxygen atoms in total. The van der Waals surface area contributed by atoms with E-state index < -0.39 is 0 Å². The minimum Gasteiger partial charge on any atom is -0.194 e. The lowest BCUT2D eigenvalue weighted by Gasteiger charge is -2.26. The van der Waals surface area contributed by atoms with E-state index in [2.05, 4.69) is 109 Å². The van der Waals surface area contributed by atoms with Crippen molar-refractivity contribution in [2.24, 2.45) is 7.05 Å². The number of benzene rings is 2. The third-order valence-corrected chi connectivity index (χ3v) is 5.38. The normalized spacial score (nSPS) is 12.6. The quantitative estimate of drug-likeness (QED) is 0.460. The molecule has 0 spiro atoms. The summed E-state index contributed by atoms with van der Waals surface area (Å²) in [6, 6.07) is 18.0. The standard InChI is InChI=1S/C25H32N/c1-17-11-9-10-12-19(17)22-14-13-20-21(25(5,6)7)15-18(24(2,3)4)16-23(20)26(22)8/h9-16H,1-8H3/q+1. The van der Waals surface area contributed by atoms with Gasteiger partial charge in [-0.3, -0.25) is 0 Å². The number of rotatable bonds is 1. The molecular weight excluding hydrogens is 314 g/mol.